The minimum atomic E-state index is -0.201. The summed E-state index contributed by atoms with van der Waals surface area (Å²) in [6.07, 6.45) is 0. The number of amides is 2. The maximum atomic E-state index is 11.9. The summed E-state index contributed by atoms with van der Waals surface area (Å²) in [4.78, 5) is 25.2. The van der Waals surface area contributed by atoms with Crippen LogP contribution in [0.4, 0.5) is 0 Å². The lowest BCUT2D eigenvalue weighted by atomic mass is 10.1. The predicted molar refractivity (Wildman–Crippen MR) is 95.1 cm³/mol. The van der Waals surface area contributed by atoms with Crippen molar-refractivity contribution in [2.75, 3.05) is 20.6 Å². The van der Waals surface area contributed by atoms with Crippen LogP contribution < -0.4 is 5.32 Å². The highest BCUT2D eigenvalue weighted by Gasteiger charge is 2.06. The van der Waals surface area contributed by atoms with E-state index in [4.69, 9.17) is 11.6 Å². The standard InChI is InChI=1S/C19H17ClN2O2/c1-22(2)19(24)16-7-5-14(6-8-16)4-3-13-21-18(23)15-9-11-17(20)12-10-15/h5-12H,13H2,1-2H3,(H,21,23). The molecule has 0 atom stereocenters. The maximum absolute atomic E-state index is 11.9. The Morgan fingerprint density at radius 3 is 2.17 bits per heavy atom. The molecule has 24 heavy (non-hydrogen) atoms. The number of hydrogen-bond acceptors (Lipinski definition) is 2. The third-order valence-electron chi connectivity index (χ3n) is 3.21. The molecule has 5 heteroatoms. The summed E-state index contributed by atoms with van der Waals surface area (Å²) in [5, 5.41) is 3.30. The number of nitrogens with one attached hydrogen (secondary N) is 1. The lowest BCUT2D eigenvalue weighted by molar-refractivity contribution is 0.0827. The monoisotopic (exact) mass is 340 g/mol. The highest BCUT2D eigenvalue weighted by molar-refractivity contribution is 6.30. The second kappa shape index (κ2) is 8.19. The fraction of sp³-hybridized carbons (Fsp3) is 0.158. The predicted octanol–water partition coefficient (Wildman–Crippen LogP) is 2.82. The Labute approximate surface area is 146 Å². The second-order valence-electron chi connectivity index (χ2n) is 5.27. The Morgan fingerprint density at radius 1 is 1.00 bits per heavy atom. The van der Waals surface area contributed by atoms with Crippen LogP contribution in [0.25, 0.3) is 0 Å². The van der Waals surface area contributed by atoms with Crippen LogP contribution in [0.5, 0.6) is 0 Å². The van der Waals surface area contributed by atoms with Crippen molar-refractivity contribution >= 4 is 23.4 Å². The van der Waals surface area contributed by atoms with Crippen LogP contribution in [0.15, 0.2) is 48.5 Å². The van der Waals surface area contributed by atoms with Crippen molar-refractivity contribution in [2.24, 2.45) is 0 Å². The van der Waals surface area contributed by atoms with E-state index in [2.05, 4.69) is 17.2 Å². The SMILES string of the molecule is CN(C)C(=O)c1ccc(C#CCNC(=O)c2ccc(Cl)cc2)cc1. The van der Waals surface area contributed by atoms with Gasteiger partial charge in [-0.05, 0) is 48.5 Å². The van der Waals surface area contributed by atoms with Gasteiger partial charge in [0.2, 0.25) is 0 Å². The Morgan fingerprint density at radius 2 is 1.58 bits per heavy atom. The zero-order chi connectivity index (χ0) is 17.5. The summed E-state index contributed by atoms with van der Waals surface area (Å²) in [6, 6.07) is 13.7. The fourth-order valence-corrected chi connectivity index (χ4v) is 2.05. The molecule has 0 radical (unpaired) electrons. The first-order valence-electron chi connectivity index (χ1n) is 7.32. The number of nitrogens with zero attached hydrogens (tertiary/aromatic N) is 1. The minimum absolute atomic E-state index is 0.0512. The molecule has 2 aromatic rings. The summed E-state index contributed by atoms with van der Waals surface area (Å²) in [5.41, 5.74) is 1.93. The van der Waals surface area contributed by atoms with Crippen molar-refractivity contribution < 1.29 is 9.59 Å². The fourth-order valence-electron chi connectivity index (χ4n) is 1.93. The summed E-state index contributed by atoms with van der Waals surface area (Å²) in [5.74, 6) is 5.57. The van der Waals surface area contributed by atoms with E-state index in [1.54, 1.807) is 62.6 Å². The lowest BCUT2D eigenvalue weighted by Crippen LogP contribution is -2.23. The molecule has 0 heterocycles. The number of benzene rings is 2. The topological polar surface area (TPSA) is 49.4 Å². The molecule has 2 rings (SSSR count). The minimum Gasteiger partial charge on any atom is -0.345 e. The van der Waals surface area contributed by atoms with Crippen molar-refractivity contribution in [3.63, 3.8) is 0 Å². The van der Waals surface area contributed by atoms with Crippen molar-refractivity contribution in [2.45, 2.75) is 0 Å². The molecule has 2 amide bonds. The molecule has 0 aliphatic rings. The van der Waals surface area contributed by atoms with E-state index in [0.29, 0.717) is 16.1 Å². The third kappa shape index (κ3) is 4.87. The Kier molecular flexibility index (Phi) is 6.00. The molecule has 2 aromatic carbocycles. The molecule has 0 spiro atoms. The van der Waals surface area contributed by atoms with E-state index in [9.17, 15) is 9.59 Å². The smallest absolute Gasteiger partial charge is 0.253 e. The lowest BCUT2D eigenvalue weighted by Gasteiger charge is -2.09. The van der Waals surface area contributed by atoms with Gasteiger partial charge in [-0.2, -0.15) is 0 Å². The van der Waals surface area contributed by atoms with Gasteiger partial charge in [-0.15, -0.1) is 0 Å². The molecule has 0 fully saturated rings. The van der Waals surface area contributed by atoms with Crippen LogP contribution in [-0.4, -0.2) is 37.4 Å². The number of halogens is 1. The molecule has 0 aliphatic heterocycles. The first-order chi connectivity index (χ1) is 11.5. The quantitative estimate of drug-likeness (QED) is 0.873. The average Bonchev–Trinajstić information content (AvgIpc) is 2.59. The first-order valence-corrected chi connectivity index (χ1v) is 7.69. The number of carbonyl (C=O) groups is 2. The van der Waals surface area contributed by atoms with Crippen LogP contribution in [0.3, 0.4) is 0 Å². The van der Waals surface area contributed by atoms with Crippen molar-refractivity contribution in [3.8, 4) is 11.8 Å². The van der Waals surface area contributed by atoms with Crippen LogP contribution >= 0.6 is 11.6 Å². The largest absolute Gasteiger partial charge is 0.345 e. The molecule has 0 saturated heterocycles. The summed E-state index contributed by atoms with van der Waals surface area (Å²) in [7, 11) is 3.42. The molecule has 0 saturated carbocycles. The van der Waals surface area contributed by atoms with Gasteiger partial charge in [0, 0.05) is 35.8 Å². The molecule has 0 unspecified atom stereocenters. The Balaban J connectivity index is 1.90. The molecule has 0 aliphatic carbocycles. The number of rotatable bonds is 3. The molecule has 1 N–H and O–H groups in total. The highest BCUT2D eigenvalue weighted by Crippen LogP contribution is 2.09. The molecule has 0 aromatic heterocycles. The van der Waals surface area contributed by atoms with Crippen molar-refractivity contribution in [1.29, 1.82) is 0 Å². The zero-order valence-electron chi connectivity index (χ0n) is 13.5. The van der Waals surface area contributed by atoms with Crippen LogP contribution in [0.2, 0.25) is 5.02 Å². The average molecular weight is 341 g/mol. The number of hydrogen-bond donors (Lipinski definition) is 1. The Bertz CT molecular complexity index is 785. The molecule has 0 bridgehead atoms. The molecular weight excluding hydrogens is 324 g/mol. The van der Waals surface area contributed by atoms with Gasteiger partial charge >= 0.3 is 0 Å². The van der Waals surface area contributed by atoms with Crippen LogP contribution in [0.1, 0.15) is 26.3 Å². The first kappa shape index (κ1) is 17.6. The van der Waals surface area contributed by atoms with Crippen molar-refractivity contribution in [1.82, 2.24) is 10.2 Å². The van der Waals surface area contributed by atoms with Crippen molar-refractivity contribution in [3.05, 3.63) is 70.2 Å². The zero-order valence-corrected chi connectivity index (χ0v) is 14.2. The van der Waals surface area contributed by atoms with E-state index in [1.807, 2.05) is 0 Å². The summed E-state index contributed by atoms with van der Waals surface area (Å²) >= 11 is 5.78. The van der Waals surface area contributed by atoms with Gasteiger partial charge in [-0.1, -0.05) is 23.4 Å². The van der Waals surface area contributed by atoms with Gasteiger partial charge in [0.25, 0.3) is 11.8 Å². The van der Waals surface area contributed by atoms with Gasteiger partial charge in [0.05, 0.1) is 6.54 Å². The summed E-state index contributed by atoms with van der Waals surface area (Å²) < 4.78 is 0. The van der Waals surface area contributed by atoms with Gasteiger partial charge in [0.15, 0.2) is 0 Å². The van der Waals surface area contributed by atoms with E-state index in [0.717, 1.165) is 5.56 Å². The van der Waals surface area contributed by atoms with Gasteiger partial charge in [-0.25, -0.2) is 0 Å². The second-order valence-corrected chi connectivity index (χ2v) is 5.70. The van der Waals surface area contributed by atoms with Gasteiger partial charge in [0.1, 0.15) is 0 Å². The van der Waals surface area contributed by atoms with Gasteiger partial charge in [-0.3, -0.25) is 9.59 Å². The van der Waals surface area contributed by atoms with Crippen LogP contribution in [-0.2, 0) is 0 Å². The molecule has 4 nitrogen and oxygen atoms in total. The number of carbonyl (C=O) groups excluding carboxylic acids is 2. The van der Waals surface area contributed by atoms with E-state index >= 15 is 0 Å². The van der Waals surface area contributed by atoms with Crippen LogP contribution in [0, 0.1) is 11.8 Å². The normalized spacial score (nSPS) is 9.62. The van der Waals surface area contributed by atoms with E-state index < -0.39 is 0 Å². The van der Waals surface area contributed by atoms with E-state index in [1.165, 1.54) is 4.90 Å². The van der Waals surface area contributed by atoms with Gasteiger partial charge < -0.3 is 10.2 Å². The Hall–Kier alpha value is -2.77. The summed E-state index contributed by atoms with van der Waals surface area (Å²) in [6.45, 7) is 0.236. The third-order valence-corrected chi connectivity index (χ3v) is 3.47. The highest BCUT2D eigenvalue weighted by atomic mass is 35.5. The molecular formula is C19H17ClN2O2. The van der Waals surface area contributed by atoms with E-state index in [-0.39, 0.29) is 18.4 Å². The maximum Gasteiger partial charge on any atom is 0.253 e. The molecule has 122 valence electrons.